The van der Waals surface area contributed by atoms with Crippen LogP contribution in [0, 0.1) is 0 Å². The first-order valence-electron chi connectivity index (χ1n) is 2.68. The molecule has 2 nitrogen and oxygen atoms in total. The van der Waals surface area contributed by atoms with Gasteiger partial charge in [-0.25, -0.2) is 4.21 Å². The summed E-state index contributed by atoms with van der Waals surface area (Å²) in [6.45, 7) is 0. The summed E-state index contributed by atoms with van der Waals surface area (Å²) in [5.41, 5.74) is 0. The van der Waals surface area contributed by atoms with E-state index in [-0.39, 0.29) is 14.9 Å². The highest BCUT2D eigenvalue weighted by Crippen LogP contribution is 2.26. The third-order valence-electron chi connectivity index (χ3n) is 1.09. The Bertz CT molecular complexity index is 280. The summed E-state index contributed by atoms with van der Waals surface area (Å²) in [4.78, 5) is 0.0656. The Morgan fingerprint density at radius 3 is 2.00 bits per heavy atom. The fourth-order valence-corrected chi connectivity index (χ4v) is 1.91. The van der Waals surface area contributed by atoms with Crippen LogP contribution in [0.25, 0.3) is 0 Å². The Morgan fingerprint density at radius 1 is 1.27 bits per heavy atom. The molecule has 1 aromatic rings. The molecular weight excluding hydrogens is 207 g/mol. The third-order valence-corrected chi connectivity index (χ3v) is 2.74. The van der Waals surface area contributed by atoms with E-state index in [0.717, 1.165) is 0 Å². The molecule has 0 bridgehead atoms. The van der Waals surface area contributed by atoms with Crippen molar-refractivity contribution in [3.05, 3.63) is 28.2 Å². The summed E-state index contributed by atoms with van der Waals surface area (Å²) >= 11 is 9.06. The molecule has 0 saturated carbocycles. The fraction of sp³-hybridized carbons (Fsp3) is 0. The van der Waals surface area contributed by atoms with Gasteiger partial charge in [0.1, 0.15) is 4.90 Å². The van der Waals surface area contributed by atoms with E-state index in [4.69, 9.17) is 27.8 Å². The molecule has 0 radical (unpaired) electrons. The van der Waals surface area contributed by atoms with Gasteiger partial charge in [0.05, 0.1) is 10.0 Å². The molecule has 0 aromatic heterocycles. The van der Waals surface area contributed by atoms with Crippen molar-refractivity contribution in [2.45, 2.75) is 4.90 Å². The lowest BCUT2D eigenvalue weighted by Crippen LogP contribution is -1.90. The molecule has 1 atom stereocenters. The minimum atomic E-state index is -2.12. The predicted molar refractivity (Wildman–Crippen MR) is 45.5 cm³/mol. The summed E-state index contributed by atoms with van der Waals surface area (Å²) < 4.78 is 19.3. The minimum Gasteiger partial charge on any atom is -0.302 e. The highest BCUT2D eigenvalue weighted by Gasteiger charge is 2.09. The van der Waals surface area contributed by atoms with Crippen LogP contribution in [-0.2, 0) is 11.1 Å². The summed E-state index contributed by atoms with van der Waals surface area (Å²) in [7, 11) is 0. The maximum Gasteiger partial charge on any atom is 0.189 e. The van der Waals surface area contributed by atoms with Crippen LogP contribution in [0.3, 0.4) is 0 Å². The summed E-state index contributed by atoms with van der Waals surface area (Å²) in [6.07, 6.45) is 0. The fourth-order valence-electron chi connectivity index (χ4n) is 0.649. The zero-order valence-corrected chi connectivity index (χ0v) is 7.58. The molecule has 60 valence electrons. The van der Waals surface area contributed by atoms with Crippen molar-refractivity contribution in [2.24, 2.45) is 0 Å². The molecule has 1 aromatic carbocycles. The van der Waals surface area contributed by atoms with E-state index in [1.165, 1.54) is 12.1 Å². The first kappa shape index (κ1) is 9.00. The molecule has 0 saturated heterocycles. The molecule has 0 heterocycles. The number of hydrogen-bond acceptors (Lipinski definition) is 1. The molecule has 1 N–H and O–H groups in total. The molecule has 1 rings (SSSR count). The first-order chi connectivity index (χ1) is 5.13. The lowest BCUT2D eigenvalue weighted by atomic mass is 10.4. The topological polar surface area (TPSA) is 37.3 Å². The Kier molecular flexibility index (Phi) is 2.90. The number of benzene rings is 1. The van der Waals surface area contributed by atoms with Gasteiger partial charge in [-0.3, -0.25) is 0 Å². The molecule has 0 aliphatic heterocycles. The second-order valence-corrected chi connectivity index (χ2v) is 3.52. The SMILES string of the molecule is O=S(O)c1c(Cl)cccc1Cl. The van der Waals surface area contributed by atoms with Crippen LogP contribution in [0.5, 0.6) is 0 Å². The zero-order valence-electron chi connectivity index (χ0n) is 5.25. The van der Waals surface area contributed by atoms with Gasteiger partial charge in [0, 0.05) is 0 Å². The zero-order chi connectivity index (χ0) is 8.43. The standard InChI is InChI=1S/C6H4Cl2O2S/c7-4-2-1-3-5(8)6(4)11(9)10/h1-3H,(H,9,10). The van der Waals surface area contributed by atoms with Gasteiger partial charge in [-0.15, -0.1) is 0 Å². The van der Waals surface area contributed by atoms with Crippen LogP contribution in [0.2, 0.25) is 10.0 Å². The van der Waals surface area contributed by atoms with Gasteiger partial charge in [-0.2, -0.15) is 0 Å². The van der Waals surface area contributed by atoms with Crippen molar-refractivity contribution in [3.63, 3.8) is 0 Å². The number of rotatable bonds is 1. The van der Waals surface area contributed by atoms with Crippen LogP contribution in [0.1, 0.15) is 0 Å². The Morgan fingerprint density at radius 2 is 1.73 bits per heavy atom. The maximum atomic E-state index is 10.6. The first-order valence-corrected chi connectivity index (χ1v) is 4.54. The van der Waals surface area contributed by atoms with E-state index in [9.17, 15) is 4.21 Å². The van der Waals surface area contributed by atoms with Crippen LogP contribution in [0.15, 0.2) is 23.1 Å². The van der Waals surface area contributed by atoms with Crippen LogP contribution < -0.4 is 0 Å². The molecule has 0 spiro atoms. The molecular formula is C6H4Cl2O2S. The van der Waals surface area contributed by atoms with E-state index in [1.54, 1.807) is 6.07 Å². The maximum absolute atomic E-state index is 10.6. The van der Waals surface area contributed by atoms with E-state index >= 15 is 0 Å². The van der Waals surface area contributed by atoms with Gasteiger partial charge in [0.2, 0.25) is 0 Å². The highest BCUT2D eigenvalue weighted by molar-refractivity contribution is 7.79. The highest BCUT2D eigenvalue weighted by atomic mass is 35.5. The number of halogens is 2. The molecule has 0 aliphatic rings. The van der Waals surface area contributed by atoms with Gasteiger partial charge < -0.3 is 4.55 Å². The molecule has 1 unspecified atom stereocenters. The van der Waals surface area contributed by atoms with Crippen molar-refractivity contribution in [3.8, 4) is 0 Å². The average Bonchev–Trinajstić information content (AvgIpc) is 1.85. The Labute approximate surface area is 76.4 Å². The number of hydrogen-bond donors (Lipinski definition) is 1. The van der Waals surface area contributed by atoms with Gasteiger partial charge in [0.25, 0.3) is 0 Å². The summed E-state index contributed by atoms with van der Waals surface area (Å²) in [6, 6.07) is 4.63. The lowest BCUT2D eigenvalue weighted by Gasteiger charge is -1.99. The van der Waals surface area contributed by atoms with Gasteiger partial charge in [0.15, 0.2) is 11.1 Å². The smallest absolute Gasteiger partial charge is 0.189 e. The molecule has 11 heavy (non-hydrogen) atoms. The van der Waals surface area contributed by atoms with Gasteiger partial charge in [-0.05, 0) is 12.1 Å². The second-order valence-electron chi connectivity index (χ2n) is 1.80. The minimum absolute atomic E-state index is 0.0656. The van der Waals surface area contributed by atoms with E-state index in [0.29, 0.717) is 0 Å². The Balaban J connectivity index is 3.32. The summed E-state index contributed by atoms with van der Waals surface area (Å²) in [5, 5.41) is 0.414. The molecule has 0 amide bonds. The van der Waals surface area contributed by atoms with Crippen molar-refractivity contribution in [1.29, 1.82) is 0 Å². The van der Waals surface area contributed by atoms with Crippen molar-refractivity contribution in [1.82, 2.24) is 0 Å². The van der Waals surface area contributed by atoms with Crippen molar-refractivity contribution < 1.29 is 8.76 Å². The Hall–Kier alpha value is -0.0900. The molecule has 0 aliphatic carbocycles. The van der Waals surface area contributed by atoms with Gasteiger partial charge in [-0.1, -0.05) is 29.3 Å². The van der Waals surface area contributed by atoms with Crippen LogP contribution in [-0.4, -0.2) is 8.76 Å². The second kappa shape index (κ2) is 3.54. The average molecular weight is 211 g/mol. The summed E-state index contributed by atoms with van der Waals surface area (Å²) in [5.74, 6) is 0. The third kappa shape index (κ3) is 1.93. The monoisotopic (exact) mass is 210 g/mol. The van der Waals surface area contributed by atoms with E-state index in [2.05, 4.69) is 0 Å². The molecule has 5 heteroatoms. The normalized spacial score (nSPS) is 13.0. The van der Waals surface area contributed by atoms with Gasteiger partial charge >= 0.3 is 0 Å². The quantitative estimate of drug-likeness (QED) is 0.724. The van der Waals surface area contributed by atoms with Crippen molar-refractivity contribution in [2.75, 3.05) is 0 Å². The predicted octanol–water partition coefficient (Wildman–Crippen LogP) is 2.57. The van der Waals surface area contributed by atoms with Crippen LogP contribution >= 0.6 is 23.2 Å². The van der Waals surface area contributed by atoms with Crippen LogP contribution in [0.4, 0.5) is 0 Å². The lowest BCUT2D eigenvalue weighted by molar-refractivity contribution is 0.564. The molecule has 0 fully saturated rings. The van der Waals surface area contributed by atoms with E-state index < -0.39 is 11.1 Å². The van der Waals surface area contributed by atoms with Crippen molar-refractivity contribution >= 4 is 34.3 Å². The van der Waals surface area contributed by atoms with E-state index in [1.807, 2.05) is 0 Å². The largest absolute Gasteiger partial charge is 0.302 e.